The Morgan fingerprint density at radius 2 is 1.58 bits per heavy atom. The third kappa shape index (κ3) is 4.85. The van der Waals surface area contributed by atoms with Crippen molar-refractivity contribution in [3.8, 4) is 11.5 Å². The molecule has 0 bridgehead atoms. The number of hydrogen-bond donors (Lipinski definition) is 1. The van der Waals surface area contributed by atoms with Crippen LogP contribution in [0.2, 0.25) is 18.1 Å². The minimum Gasteiger partial charge on any atom is -0.504 e. The van der Waals surface area contributed by atoms with E-state index in [0.717, 1.165) is 11.1 Å². The molecule has 0 aliphatic rings. The average Bonchev–Trinajstić information content (AvgIpc) is 2.53. The van der Waals surface area contributed by atoms with Crippen LogP contribution in [0.5, 0.6) is 11.5 Å². The lowest BCUT2D eigenvalue weighted by Crippen LogP contribution is -2.40. The van der Waals surface area contributed by atoms with Crippen molar-refractivity contribution in [2.75, 3.05) is 0 Å². The van der Waals surface area contributed by atoms with Crippen molar-refractivity contribution in [2.45, 2.75) is 52.1 Å². The van der Waals surface area contributed by atoms with E-state index in [2.05, 4.69) is 33.9 Å². The van der Waals surface area contributed by atoms with E-state index < -0.39 is 8.32 Å². The summed E-state index contributed by atoms with van der Waals surface area (Å²) in [6.45, 7) is 12.1. The van der Waals surface area contributed by atoms with E-state index in [1.165, 1.54) is 0 Å². The topological polar surface area (TPSA) is 38.7 Å². The summed E-state index contributed by atoms with van der Waals surface area (Å²) in [5.74, 6) is 0.650. The first-order chi connectivity index (χ1) is 11.2. The quantitative estimate of drug-likeness (QED) is 0.704. The maximum atomic E-state index is 10.0. The Bertz CT molecular complexity index is 660. The molecule has 0 unspecified atom stereocenters. The molecular formula is C20H28O3Si. The Morgan fingerprint density at radius 1 is 0.917 bits per heavy atom. The lowest BCUT2D eigenvalue weighted by Gasteiger charge is -2.36. The maximum absolute atomic E-state index is 10.0. The van der Waals surface area contributed by atoms with Gasteiger partial charge in [-0.05, 0) is 41.4 Å². The van der Waals surface area contributed by atoms with Gasteiger partial charge in [0, 0.05) is 0 Å². The summed E-state index contributed by atoms with van der Waals surface area (Å²) in [5, 5.41) is 10.2. The zero-order valence-electron chi connectivity index (χ0n) is 15.3. The van der Waals surface area contributed by atoms with Crippen LogP contribution < -0.4 is 4.74 Å². The molecule has 4 heteroatoms. The van der Waals surface area contributed by atoms with Gasteiger partial charge in [0.25, 0.3) is 0 Å². The lowest BCUT2D eigenvalue weighted by molar-refractivity contribution is 0.270. The molecule has 0 saturated heterocycles. The van der Waals surface area contributed by atoms with E-state index in [1.54, 1.807) is 6.07 Å². The van der Waals surface area contributed by atoms with Crippen LogP contribution in [0.3, 0.4) is 0 Å². The van der Waals surface area contributed by atoms with Crippen LogP contribution in [-0.2, 0) is 17.6 Å². The second-order valence-electron chi connectivity index (χ2n) is 7.63. The number of hydrogen-bond acceptors (Lipinski definition) is 3. The van der Waals surface area contributed by atoms with Crippen molar-refractivity contribution < 1.29 is 14.3 Å². The minimum atomic E-state index is -1.79. The lowest BCUT2D eigenvalue weighted by atomic mass is 10.2. The van der Waals surface area contributed by atoms with Gasteiger partial charge in [0.1, 0.15) is 6.61 Å². The Labute approximate surface area is 146 Å². The molecule has 24 heavy (non-hydrogen) atoms. The monoisotopic (exact) mass is 344 g/mol. The summed E-state index contributed by atoms with van der Waals surface area (Å²) in [5.41, 5.74) is 2.08. The zero-order valence-corrected chi connectivity index (χ0v) is 16.3. The standard InChI is InChI=1S/C20H28O3Si/c1-20(2,3)24(4,5)23-15-17-11-12-18(21)19(13-17)22-14-16-9-7-6-8-10-16/h6-13,21H,14-15H2,1-5H3. The predicted octanol–water partition coefficient (Wildman–Crippen LogP) is 5.49. The summed E-state index contributed by atoms with van der Waals surface area (Å²) >= 11 is 0. The smallest absolute Gasteiger partial charge is 0.192 e. The Balaban J connectivity index is 2.03. The Hall–Kier alpha value is -1.78. The van der Waals surface area contributed by atoms with E-state index in [9.17, 15) is 5.11 Å². The summed E-state index contributed by atoms with van der Waals surface area (Å²) in [7, 11) is -1.79. The molecule has 2 aromatic carbocycles. The van der Waals surface area contributed by atoms with E-state index in [0.29, 0.717) is 19.0 Å². The second kappa shape index (κ2) is 7.41. The van der Waals surface area contributed by atoms with Gasteiger partial charge in [0.2, 0.25) is 0 Å². The zero-order chi connectivity index (χ0) is 17.8. The van der Waals surface area contributed by atoms with Crippen LogP contribution in [0.25, 0.3) is 0 Å². The van der Waals surface area contributed by atoms with E-state index >= 15 is 0 Å². The van der Waals surface area contributed by atoms with Crippen LogP contribution in [0.4, 0.5) is 0 Å². The Kier molecular flexibility index (Phi) is 5.73. The van der Waals surface area contributed by atoms with Gasteiger partial charge in [-0.25, -0.2) is 0 Å². The SMILES string of the molecule is CC(C)(C)[Si](C)(C)OCc1ccc(O)c(OCc2ccccc2)c1. The highest BCUT2D eigenvalue weighted by Crippen LogP contribution is 2.37. The number of ether oxygens (including phenoxy) is 1. The third-order valence-electron chi connectivity index (χ3n) is 4.67. The van der Waals surface area contributed by atoms with Gasteiger partial charge in [-0.15, -0.1) is 0 Å². The molecule has 2 aromatic rings. The van der Waals surface area contributed by atoms with E-state index in [1.807, 2.05) is 42.5 Å². The molecular weight excluding hydrogens is 316 g/mol. The average molecular weight is 345 g/mol. The van der Waals surface area contributed by atoms with Crippen molar-refractivity contribution >= 4 is 8.32 Å². The van der Waals surface area contributed by atoms with Crippen molar-refractivity contribution in [3.05, 3.63) is 59.7 Å². The fourth-order valence-corrected chi connectivity index (χ4v) is 2.94. The van der Waals surface area contributed by atoms with Gasteiger partial charge < -0.3 is 14.3 Å². The number of aromatic hydroxyl groups is 1. The molecule has 0 aliphatic heterocycles. The van der Waals surface area contributed by atoms with Crippen LogP contribution in [0.1, 0.15) is 31.9 Å². The summed E-state index contributed by atoms with van der Waals surface area (Å²) in [4.78, 5) is 0. The van der Waals surface area contributed by atoms with Gasteiger partial charge >= 0.3 is 0 Å². The highest BCUT2D eigenvalue weighted by molar-refractivity contribution is 6.74. The molecule has 0 atom stereocenters. The molecule has 1 N–H and O–H groups in total. The molecule has 130 valence electrons. The molecule has 0 aliphatic carbocycles. The summed E-state index contributed by atoms with van der Waals surface area (Å²) in [6, 6.07) is 15.3. The summed E-state index contributed by atoms with van der Waals surface area (Å²) in [6.07, 6.45) is 0. The molecule has 3 nitrogen and oxygen atoms in total. The molecule has 0 amide bonds. The number of benzene rings is 2. The van der Waals surface area contributed by atoms with Crippen LogP contribution in [-0.4, -0.2) is 13.4 Å². The van der Waals surface area contributed by atoms with Crippen LogP contribution in [0, 0.1) is 0 Å². The van der Waals surface area contributed by atoms with Crippen LogP contribution in [0.15, 0.2) is 48.5 Å². The molecule has 0 radical (unpaired) electrons. The largest absolute Gasteiger partial charge is 0.504 e. The van der Waals surface area contributed by atoms with Gasteiger partial charge in [0.05, 0.1) is 6.61 Å². The van der Waals surface area contributed by atoms with Crippen molar-refractivity contribution in [3.63, 3.8) is 0 Å². The number of phenols is 1. The van der Waals surface area contributed by atoms with Gasteiger partial charge in [-0.2, -0.15) is 0 Å². The minimum absolute atomic E-state index is 0.155. The molecule has 0 aromatic heterocycles. The molecule has 0 heterocycles. The van der Waals surface area contributed by atoms with Gasteiger partial charge in [-0.3, -0.25) is 0 Å². The van der Waals surface area contributed by atoms with Crippen LogP contribution >= 0.6 is 0 Å². The summed E-state index contributed by atoms with van der Waals surface area (Å²) < 4.78 is 12.0. The first kappa shape index (κ1) is 18.6. The van der Waals surface area contributed by atoms with Crippen molar-refractivity contribution in [2.24, 2.45) is 0 Å². The van der Waals surface area contributed by atoms with Gasteiger partial charge in [0.15, 0.2) is 19.8 Å². The highest BCUT2D eigenvalue weighted by atomic mass is 28.4. The predicted molar refractivity (Wildman–Crippen MR) is 101 cm³/mol. The molecule has 0 fully saturated rings. The number of rotatable bonds is 6. The van der Waals surface area contributed by atoms with E-state index in [-0.39, 0.29) is 10.8 Å². The maximum Gasteiger partial charge on any atom is 0.192 e. The highest BCUT2D eigenvalue weighted by Gasteiger charge is 2.37. The van der Waals surface area contributed by atoms with Gasteiger partial charge in [-0.1, -0.05) is 57.2 Å². The first-order valence-electron chi connectivity index (χ1n) is 8.32. The fraction of sp³-hybridized carbons (Fsp3) is 0.400. The third-order valence-corrected chi connectivity index (χ3v) is 9.15. The molecule has 2 rings (SSSR count). The Morgan fingerprint density at radius 3 is 2.21 bits per heavy atom. The van der Waals surface area contributed by atoms with Crippen molar-refractivity contribution in [1.29, 1.82) is 0 Å². The van der Waals surface area contributed by atoms with E-state index in [4.69, 9.17) is 9.16 Å². The molecule has 0 saturated carbocycles. The van der Waals surface area contributed by atoms with Crippen molar-refractivity contribution in [1.82, 2.24) is 0 Å². The fourth-order valence-electron chi connectivity index (χ4n) is 1.98. The number of phenolic OH excluding ortho intramolecular Hbond substituents is 1. The second-order valence-corrected chi connectivity index (χ2v) is 12.4. The normalized spacial score (nSPS) is 12.2. The first-order valence-corrected chi connectivity index (χ1v) is 11.2. The molecule has 0 spiro atoms.